The predicted octanol–water partition coefficient (Wildman–Crippen LogP) is 5.60. The molecule has 0 heterocycles. The lowest BCUT2D eigenvalue weighted by Gasteiger charge is -2.34. The molecule has 4 aliphatic carbocycles. The molecule has 2 bridgehead atoms. The van der Waals surface area contributed by atoms with Crippen LogP contribution in [-0.4, -0.2) is 48.7 Å². The summed E-state index contributed by atoms with van der Waals surface area (Å²) in [7, 11) is 1.46. The molecule has 4 atom stereocenters. The molecule has 1 aromatic rings. The second-order valence-electron chi connectivity index (χ2n) is 14.1. The lowest BCUT2D eigenvalue weighted by atomic mass is 9.75. The summed E-state index contributed by atoms with van der Waals surface area (Å²) >= 11 is 0. The van der Waals surface area contributed by atoms with E-state index in [1.807, 2.05) is 0 Å². The predicted molar refractivity (Wildman–Crippen MR) is 161 cm³/mol. The highest BCUT2D eigenvalue weighted by Crippen LogP contribution is 2.49. The molecule has 0 aromatic heterocycles. The number of hydrogen-bond donors (Lipinski definition) is 3. The summed E-state index contributed by atoms with van der Waals surface area (Å²) in [5, 5.41) is 25.9. The molecule has 4 saturated carbocycles. The number of nitrogens with zero attached hydrogens (tertiary/aromatic N) is 1. The number of nitriles is 1. The first-order valence-corrected chi connectivity index (χ1v) is 16.2. The standard InChI is InChI=1S/C34H47N3O6/c1-33(12-6-4-5-7-13-33)20-36-31(39)28-21-8-9-22(16-21)29(28)37-30(38)25-18-26(23(19-35)17-27(25)42-3)43-24-10-14-34(2,15-11-24)32(40)41/h17-18,21-22,24,28-29H,4-16,20H2,1-3H3,(H,36,39)(H,37,38)(H,40,41)/t21-,22+,24?,28+,29-,34?/m1/s1. The molecule has 5 rings (SSSR count). The van der Waals surface area contributed by atoms with Gasteiger partial charge in [-0.1, -0.05) is 32.6 Å². The van der Waals surface area contributed by atoms with Crippen LogP contribution in [0.25, 0.3) is 0 Å². The highest BCUT2D eigenvalue weighted by atomic mass is 16.5. The van der Waals surface area contributed by atoms with Crippen molar-refractivity contribution >= 4 is 17.8 Å². The van der Waals surface area contributed by atoms with Crippen LogP contribution >= 0.6 is 0 Å². The van der Waals surface area contributed by atoms with Crippen LogP contribution in [0.3, 0.4) is 0 Å². The molecular formula is C34H47N3O6. The summed E-state index contributed by atoms with van der Waals surface area (Å²) in [6, 6.07) is 4.97. The van der Waals surface area contributed by atoms with Crippen molar-refractivity contribution in [3.8, 4) is 17.6 Å². The highest BCUT2D eigenvalue weighted by Gasteiger charge is 2.51. The molecule has 0 radical (unpaired) electrons. The van der Waals surface area contributed by atoms with Crippen LogP contribution in [0, 0.1) is 39.9 Å². The lowest BCUT2D eigenvalue weighted by Crippen LogP contribution is -2.51. The fraction of sp³-hybridized carbons (Fsp3) is 0.706. The van der Waals surface area contributed by atoms with Crippen molar-refractivity contribution in [2.24, 2.45) is 28.6 Å². The zero-order chi connectivity index (χ0) is 30.8. The SMILES string of the molecule is COc1cc(C#N)c(OC2CCC(C)(C(=O)O)CC2)cc1C(=O)N[C@@H]1[C@H]2CC[C@H](C2)[C@@H]1C(=O)NCC1(C)CCCCCC1. The van der Waals surface area contributed by atoms with Gasteiger partial charge in [0.15, 0.2) is 0 Å². The Bertz CT molecular complexity index is 1260. The average Bonchev–Trinajstić information content (AvgIpc) is 3.53. The molecule has 9 heteroatoms. The van der Waals surface area contributed by atoms with Crippen LogP contribution in [0.5, 0.6) is 11.5 Å². The van der Waals surface area contributed by atoms with Crippen LogP contribution in [0.2, 0.25) is 0 Å². The third kappa shape index (κ3) is 6.63. The molecule has 4 fully saturated rings. The van der Waals surface area contributed by atoms with Gasteiger partial charge in [-0.3, -0.25) is 14.4 Å². The molecule has 0 unspecified atom stereocenters. The third-order valence-electron chi connectivity index (χ3n) is 11.0. The topological polar surface area (TPSA) is 138 Å². The van der Waals surface area contributed by atoms with Crippen molar-refractivity contribution in [2.45, 2.75) is 109 Å². The number of fused-ring (bicyclic) bond motifs is 2. The van der Waals surface area contributed by atoms with Crippen molar-refractivity contribution in [3.05, 3.63) is 23.3 Å². The van der Waals surface area contributed by atoms with Gasteiger partial charge in [0.25, 0.3) is 5.91 Å². The summed E-state index contributed by atoms with van der Waals surface area (Å²) in [6.07, 6.45) is 11.9. The van der Waals surface area contributed by atoms with Crippen LogP contribution in [0.15, 0.2) is 12.1 Å². The van der Waals surface area contributed by atoms with E-state index in [0.29, 0.717) is 32.2 Å². The van der Waals surface area contributed by atoms with E-state index in [1.165, 1.54) is 38.9 Å². The normalized spacial score (nSPS) is 31.3. The fourth-order valence-electron chi connectivity index (χ4n) is 8.11. The van der Waals surface area contributed by atoms with E-state index in [4.69, 9.17) is 9.47 Å². The van der Waals surface area contributed by atoms with Crippen molar-refractivity contribution in [3.63, 3.8) is 0 Å². The van der Waals surface area contributed by atoms with Gasteiger partial charge < -0.3 is 25.2 Å². The van der Waals surface area contributed by atoms with Crippen LogP contribution in [0.1, 0.15) is 113 Å². The number of carboxylic acid groups (broad SMARTS) is 1. The van der Waals surface area contributed by atoms with Crippen molar-refractivity contribution < 1.29 is 29.0 Å². The first-order chi connectivity index (χ1) is 20.6. The smallest absolute Gasteiger partial charge is 0.309 e. The average molecular weight is 594 g/mol. The van der Waals surface area contributed by atoms with E-state index in [9.17, 15) is 24.8 Å². The number of aliphatic carboxylic acids is 1. The molecule has 2 amide bonds. The minimum atomic E-state index is -0.807. The largest absolute Gasteiger partial charge is 0.496 e. The Kier molecular flexibility index (Phi) is 9.24. The Hall–Kier alpha value is -3.28. The summed E-state index contributed by atoms with van der Waals surface area (Å²) in [5.41, 5.74) is -0.140. The lowest BCUT2D eigenvalue weighted by molar-refractivity contribution is -0.150. The maximum atomic E-state index is 13.8. The zero-order valence-electron chi connectivity index (χ0n) is 25.9. The van der Waals surface area contributed by atoms with Crippen LogP contribution in [0.4, 0.5) is 0 Å². The molecule has 0 spiro atoms. The number of hydrogen-bond acceptors (Lipinski definition) is 6. The molecule has 1 aromatic carbocycles. The highest BCUT2D eigenvalue weighted by molar-refractivity contribution is 5.98. The Morgan fingerprint density at radius 2 is 1.65 bits per heavy atom. The first-order valence-electron chi connectivity index (χ1n) is 16.2. The van der Waals surface area contributed by atoms with Gasteiger partial charge >= 0.3 is 5.97 Å². The molecule has 0 saturated heterocycles. The van der Waals surface area contributed by atoms with Gasteiger partial charge in [-0.25, -0.2) is 0 Å². The first kappa shape index (κ1) is 31.2. The van der Waals surface area contributed by atoms with Crippen molar-refractivity contribution in [2.75, 3.05) is 13.7 Å². The minimum absolute atomic E-state index is 0.0458. The minimum Gasteiger partial charge on any atom is -0.496 e. The number of ether oxygens (including phenoxy) is 2. The van der Waals surface area contributed by atoms with Crippen LogP contribution < -0.4 is 20.1 Å². The maximum absolute atomic E-state index is 13.8. The maximum Gasteiger partial charge on any atom is 0.309 e. The molecule has 0 aliphatic heterocycles. The van der Waals surface area contributed by atoms with E-state index in [2.05, 4.69) is 23.6 Å². The molecular weight excluding hydrogens is 546 g/mol. The Morgan fingerprint density at radius 3 is 2.28 bits per heavy atom. The quantitative estimate of drug-likeness (QED) is 0.317. The van der Waals surface area contributed by atoms with Gasteiger partial charge in [-0.05, 0) is 88.0 Å². The van der Waals surface area contributed by atoms with Gasteiger partial charge in [-0.2, -0.15) is 5.26 Å². The Balaban J connectivity index is 1.29. The Labute approximate surface area is 255 Å². The van der Waals surface area contributed by atoms with E-state index in [1.54, 1.807) is 13.0 Å². The second kappa shape index (κ2) is 12.8. The monoisotopic (exact) mass is 593 g/mol. The number of benzene rings is 1. The molecule has 4 aliphatic rings. The number of nitrogens with one attached hydrogen (secondary N) is 2. The van der Waals surface area contributed by atoms with Crippen molar-refractivity contribution in [1.82, 2.24) is 10.6 Å². The van der Waals surface area contributed by atoms with Gasteiger partial charge in [0.1, 0.15) is 17.6 Å². The number of rotatable bonds is 9. The molecule has 43 heavy (non-hydrogen) atoms. The number of amides is 2. The second-order valence-corrected chi connectivity index (χ2v) is 14.1. The van der Waals surface area contributed by atoms with E-state index < -0.39 is 11.4 Å². The number of carbonyl (C=O) groups excluding carboxylic acids is 2. The number of carboxylic acids is 1. The molecule has 234 valence electrons. The fourth-order valence-corrected chi connectivity index (χ4v) is 8.11. The summed E-state index contributed by atoms with van der Waals surface area (Å²) in [5.74, 6) is -0.291. The molecule has 3 N–H and O–H groups in total. The van der Waals surface area contributed by atoms with E-state index >= 15 is 0 Å². The molecule has 9 nitrogen and oxygen atoms in total. The van der Waals surface area contributed by atoms with Gasteiger partial charge in [0, 0.05) is 18.7 Å². The van der Waals surface area contributed by atoms with E-state index in [0.717, 1.165) is 32.1 Å². The van der Waals surface area contributed by atoms with E-state index in [-0.39, 0.29) is 69.8 Å². The van der Waals surface area contributed by atoms with Crippen molar-refractivity contribution in [1.29, 1.82) is 5.26 Å². The zero-order valence-corrected chi connectivity index (χ0v) is 25.9. The van der Waals surface area contributed by atoms with Gasteiger partial charge in [0.05, 0.1) is 35.7 Å². The summed E-state index contributed by atoms with van der Waals surface area (Å²) < 4.78 is 11.7. The summed E-state index contributed by atoms with van der Waals surface area (Å²) in [6.45, 7) is 4.72. The number of methoxy groups -OCH3 is 1. The van der Waals surface area contributed by atoms with Crippen LogP contribution in [-0.2, 0) is 9.59 Å². The van der Waals surface area contributed by atoms with Gasteiger partial charge in [0.2, 0.25) is 5.91 Å². The summed E-state index contributed by atoms with van der Waals surface area (Å²) in [4.78, 5) is 39.1. The third-order valence-corrected chi connectivity index (χ3v) is 11.0. The Morgan fingerprint density at radius 1 is 0.977 bits per heavy atom. The number of carbonyl (C=O) groups is 3. The van der Waals surface area contributed by atoms with Gasteiger partial charge in [-0.15, -0.1) is 0 Å².